The fourth-order valence-electron chi connectivity index (χ4n) is 1.70. The summed E-state index contributed by atoms with van der Waals surface area (Å²) in [5.41, 5.74) is 0.250. The van der Waals surface area contributed by atoms with Gasteiger partial charge >= 0.3 is 0 Å². The maximum absolute atomic E-state index is 12.3. The third kappa shape index (κ3) is 3.42. The van der Waals surface area contributed by atoms with Crippen molar-refractivity contribution in [2.75, 3.05) is 11.8 Å². The maximum Gasteiger partial charge on any atom is 0.267 e. The Hall–Kier alpha value is -1.87. The van der Waals surface area contributed by atoms with Gasteiger partial charge in [0.15, 0.2) is 0 Å². The molecule has 9 heteroatoms. The summed E-state index contributed by atoms with van der Waals surface area (Å²) in [6.45, 7) is 0. The molecule has 0 atom stereocenters. The van der Waals surface area contributed by atoms with Crippen molar-refractivity contribution in [3.8, 4) is 0 Å². The van der Waals surface area contributed by atoms with E-state index in [0.29, 0.717) is 4.60 Å². The number of pyridine rings is 1. The highest BCUT2D eigenvalue weighted by Gasteiger charge is 2.20. The van der Waals surface area contributed by atoms with Crippen LogP contribution in [0, 0.1) is 0 Å². The van der Waals surface area contributed by atoms with Gasteiger partial charge in [-0.25, -0.2) is 13.4 Å². The quantitative estimate of drug-likeness (QED) is 0.792. The normalized spacial score (nSPS) is 11.2. The molecular weight excluding hydrogens is 360 g/mol. The van der Waals surface area contributed by atoms with Crippen molar-refractivity contribution in [2.45, 2.75) is 4.90 Å². The van der Waals surface area contributed by atoms with Crippen LogP contribution in [0.25, 0.3) is 0 Å². The summed E-state index contributed by atoms with van der Waals surface area (Å²) in [4.78, 5) is 15.6. The van der Waals surface area contributed by atoms with Gasteiger partial charge < -0.3 is 9.88 Å². The lowest BCUT2D eigenvalue weighted by molar-refractivity contribution is 0.0955. The minimum atomic E-state index is -3.81. The van der Waals surface area contributed by atoms with E-state index in [1.807, 2.05) is 0 Å². The van der Waals surface area contributed by atoms with Gasteiger partial charge in [-0.3, -0.25) is 9.52 Å². The van der Waals surface area contributed by atoms with Crippen molar-refractivity contribution in [2.24, 2.45) is 7.05 Å². The van der Waals surface area contributed by atoms with Crippen LogP contribution in [-0.4, -0.2) is 30.9 Å². The van der Waals surface area contributed by atoms with Crippen LogP contribution >= 0.6 is 15.9 Å². The Bertz CT molecular complexity index is 786. The number of aryl methyl sites for hydroxylation is 1. The van der Waals surface area contributed by atoms with Crippen molar-refractivity contribution >= 4 is 37.7 Å². The molecule has 0 unspecified atom stereocenters. The monoisotopic (exact) mass is 372 g/mol. The molecule has 2 rings (SSSR count). The van der Waals surface area contributed by atoms with Gasteiger partial charge in [0.2, 0.25) is 0 Å². The molecule has 0 bridgehead atoms. The van der Waals surface area contributed by atoms with Crippen molar-refractivity contribution in [1.29, 1.82) is 0 Å². The van der Waals surface area contributed by atoms with Gasteiger partial charge in [-0.05, 0) is 34.1 Å². The van der Waals surface area contributed by atoms with Gasteiger partial charge in [-0.2, -0.15) is 0 Å². The van der Waals surface area contributed by atoms with E-state index in [9.17, 15) is 13.2 Å². The predicted octanol–water partition coefficient (Wildman–Crippen LogP) is 1.34. The Balaban J connectivity index is 2.34. The number of rotatable bonds is 4. The van der Waals surface area contributed by atoms with Crippen LogP contribution in [0.15, 0.2) is 40.0 Å². The van der Waals surface area contributed by atoms with Gasteiger partial charge in [0.05, 0.1) is 0 Å². The first-order chi connectivity index (χ1) is 9.83. The second kappa shape index (κ2) is 5.86. The van der Waals surface area contributed by atoms with Gasteiger partial charge in [0.25, 0.3) is 15.9 Å². The van der Waals surface area contributed by atoms with E-state index in [2.05, 4.69) is 31.0 Å². The van der Waals surface area contributed by atoms with Gasteiger partial charge in [-0.15, -0.1) is 0 Å². The first-order valence-electron chi connectivity index (χ1n) is 5.87. The lowest BCUT2D eigenvalue weighted by Crippen LogP contribution is -2.20. The molecule has 1 amide bonds. The Labute approximate surface area is 130 Å². The molecule has 2 heterocycles. The maximum atomic E-state index is 12.3. The molecule has 0 saturated heterocycles. The second-order valence-corrected chi connectivity index (χ2v) is 6.70. The molecule has 7 nitrogen and oxygen atoms in total. The topological polar surface area (TPSA) is 93.1 Å². The molecular formula is C12H13BrN4O3S. The number of amides is 1. The number of carbonyl (C=O) groups is 1. The van der Waals surface area contributed by atoms with Gasteiger partial charge in [0, 0.05) is 20.3 Å². The van der Waals surface area contributed by atoms with E-state index in [0.717, 1.165) is 0 Å². The first kappa shape index (κ1) is 15.5. The fraction of sp³-hybridized carbons (Fsp3) is 0.167. The predicted molar refractivity (Wildman–Crippen MR) is 81.5 cm³/mol. The minimum Gasteiger partial charge on any atom is -0.354 e. The highest BCUT2D eigenvalue weighted by atomic mass is 79.9. The molecule has 21 heavy (non-hydrogen) atoms. The Morgan fingerprint density at radius 1 is 1.38 bits per heavy atom. The molecule has 0 radical (unpaired) electrons. The molecule has 2 N–H and O–H groups in total. The van der Waals surface area contributed by atoms with E-state index in [1.54, 1.807) is 19.2 Å². The molecule has 0 aliphatic rings. The third-order valence-electron chi connectivity index (χ3n) is 2.70. The number of nitrogens with zero attached hydrogens (tertiary/aromatic N) is 2. The molecule has 0 aliphatic carbocycles. The van der Waals surface area contributed by atoms with E-state index in [-0.39, 0.29) is 22.3 Å². The minimum absolute atomic E-state index is 0.00891. The summed E-state index contributed by atoms with van der Waals surface area (Å²) in [6, 6.07) is 6.18. The van der Waals surface area contributed by atoms with Crippen LogP contribution in [0.3, 0.4) is 0 Å². The van der Waals surface area contributed by atoms with Crippen LogP contribution in [0.5, 0.6) is 0 Å². The number of sulfonamides is 1. The van der Waals surface area contributed by atoms with Crippen LogP contribution in [-0.2, 0) is 17.1 Å². The zero-order valence-electron chi connectivity index (χ0n) is 11.3. The number of anilines is 1. The molecule has 2 aromatic rings. The Morgan fingerprint density at radius 2 is 2.10 bits per heavy atom. The van der Waals surface area contributed by atoms with Crippen LogP contribution in [0.4, 0.5) is 5.82 Å². The molecule has 0 aliphatic heterocycles. The third-order valence-corrected chi connectivity index (χ3v) is 4.47. The van der Waals surface area contributed by atoms with Gasteiger partial charge in [-0.1, -0.05) is 6.07 Å². The molecule has 0 spiro atoms. The standard InChI is InChI=1S/C12H13BrN4O3S/c1-14-12(18)9-6-8(7-17(9)2)21(19,20)16-11-5-3-4-10(13)15-11/h3-7H,1-2H3,(H,14,18)(H,15,16). The van der Waals surface area contributed by atoms with Crippen molar-refractivity contribution < 1.29 is 13.2 Å². The number of carbonyl (C=O) groups excluding carboxylic acids is 1. The number of hydrogen-bond donors (Lipinski definition) is 2. The molecule has 0 saturated carbocycles. The second-order valence-electron chi connectivity index (χ2n) is 4.20. The van der Waals surface area contributed by atoms with E-state index < -0.39 is 10.0 Å². The lowest BCUT2D eigenvalue weighted by Gasteiger charge is -2.05. The number of hydrogen-bond acceptors (Lipinski definition) is 4. The zero-order valence-corrected chi connectivity index (χ0v) is 13.7. The average Bonchev–Trinajstić information content (AvgIpc) is 2.80. The summed E-state index contributed by atoms with van der Waals surface area (Å²) in [7, 11) is -0.730. The van der Waals surface area contributed by atoms with Crippen LogP contribution in [0.2, 0.25) is 0 Å². The highest BCUT2D eigenvalue weighted by Crippen LogP contribution is 2.18. The molecule has 112 valence electrons. The van der Waals surface area contributed by atoms with Crippen molar-refractivity contribution in [3.05, 3.63) is 40.8 Å². The van der Waals surface area contributed by atoms with E-state index in [1.165, 1.54) is 29.9 Å². The summed E-state index contributed by atoms with van der Waals surface area (Å²) >= 11 is 3.17. The Kier molecular flexibility index (Phi) is 4.33. The summed E-state index contributed by atoms with van der Waals surface area (Å²) in [6.07, 6.45) is 1.37. The Morgan fingerprint density at radius 3 is 2.71 bits per heavy atom. The zero-order chi connectivity index (χ0) is 15.6. The summed E-state index contributed by atoms with van der Waals surface area (Å²) in [5, 5.41) is 2.45. The van der Waals surface area contributed by atoms with Crippen LogP contribution < -0.4 is 10.0 Å². The fourth-order valence-corrected chi connectivity index (χ4v) is 3.11. The van der Waals surface area contributed by atoms with Crippen LogP contribution in [0.1, 0.15) is 10.5 Å². The number of halogens is 1. The summed E-state index contributed by atoms with van der Waals surface area (Å²) in [5.74, 6) is -0.172. The van der Waals surface area contributed by atoms with E-state index >= 15 is 0 Å². The van der Waals surface area contributed by atoms with Crippen molar-refractivity contribution in [3.63, 3.8) is 0 Å². The van der Waals surface area contributed by atoms with Gasteiger partial charge in [0.1, 0.15) is 21.0 Å². The highest BCUT2D eigenvalue weighted by molar-refractivity contribution is 9.10. The molecule has 0 fully saturated rings. The summed E-state index contributed by atoms with van der Waals surface area (Å²) < 4.78 is 28.9. The average molecular weight is 373 g/mol. The largest absolute Gasteiger partial charge is 0.354 e. The van der Waals surface area contributed by atoms with Crippen molar-refractivity contribution in [1.82, 2.24) is 14.9 Å². The molecule has 2 aromatic heterocycles. The molecule has 0 aromatic carbocycles. The lowest BCUT2D eigenvalue weighted by atomic mass is 10.4. The number of nitrogens with one attached hydrogen (secondary N) is 2. The SMILES string of the molecule is CNC(=O)c1cc(S(=O)(=O)Nc2cccc(Br)n2)cn1C. The first-order valence-corrected chi connectivity index (χ1v) is 8.15. The van der Waals surface area contributed by atoms with E-state index in [4.69, 9.17) is 0 Å². The number of aromatic nitrogens is 2. The smallest absolute Gasteiger partial charge is 0.267 e.